The van der Waals surface area contributed by atoms with E-state index in [1.54, 1.807) is 39.3 Å². The van der Waals surface area contributed by atoms with Gasteiger partial charge in [0.05, 0.1) is 36.5 Å². The molecule has 0 radical (unpaired) electrons. The number of hydrogen-bond acceptors (Lipinski definition) is 3. The molecule has 10 heteroatoms. The number of pyridine rings is 4. The molecule has 13 aliphatic rings. The van der Waals surface area contributed by atoms with Crippen LogP contribution in [0, 0.1) is 44.4 Å². The number of nitrogens with one attached hydrogen (secondary N) is 2. The number of carbonyl (C=O) groups excluding carboxylic acids is 1. The molecule has 20 rings (SSSR count). The number of benzene rings is 5. The molecule has 2 aliphatic heterocycles. The average molecular weight is 1430 g/mol. The first-order chi connectivity index (χ1) is 48.8. The van der Waals surface area contributed by atoms with E-state index in [1.165, 1.54) is 189 Å². The maximum Gasteiger partial charge on any atom is 4.00 e. The normalized spacial score (nSPS) is 16.7. The molecule has 103 heavy (non-hydrogen) atoms. The van der Waals surface area contributed by atoms with Crippen molar-refractivity contribution in [1.82, 2.24) is 19.9 Å². The largest absolute Gasteiger partial charge is 4.00 e. The van der Waals surface area contributed by atoms with Gasteiger partial charge >= 0.3 is 50.8 Å². The van der Waals surface area contributed by atoms with Crippen molar-refractivity contribution >= 4 is 27.3 Å². The van der Waals surface area contributed by atoms with Gasteiger partial charge in [0.25, 0.3) is 0 Å². The molecule has 0 bridgehead atoms. The van der Waals surface area contributed by atoms with Crippen molar-refractivity contribution in [2.24, 2.45) is 23.0 Å². The van der Waals surface area contributed by atoms with Crippen LogP contribution in [0.4, 0.5) is 0 Å². The second-order valence-electron chi connectivity index (χ2n) is 27.4. The second kappa shape index (κ2) is 39.0. The number of aromatic nitrogens is 4. The van der Waals surface area contributed by atoms with Gasteiger partial charge in [0.2, 0.25) is 0 Å². The number of H-pyrrole nitrogens is 2. The van der Waals surface area contributed by atoms with Gasteiger partial charge < -0.3 is 41.2 Å². The summed E-state index contributed by atoms with van der Waals surface area (Å²) in [4.78, 5) is 25.2. The Morgan fingerprint density at radius 1 is 0.553 bits per heavy atom. The Morgan fingerprint density at radius 3 is 1.70 bits per heavy atom. The number of aromatic amines is 2. The third kappa shape index (κ3) is 17.8. The first-order valence-electron chi connectivity index (χ1n) is 35.9. The third-order valence-corrected chi connectivity index (χ3v) is 21.5. The number of ketones is 1. The molecule has 0 spiro atoms. The minimum atomic E-state index is 0. The van der Waals surface area contributed by atoms with Crippen LogP contribution in [0.5, 0.6) is 0 Å². The van der Waals surface area contributed by atoms with E-state index in [4.69, 9.17) is 15.5 Å². The standard InChI is InChI=1S/C21H23N.C21H19N.2C12H9N.C9H8O.C9H10.C3H5N.2C2H6N.2CH3.Li.Zr/c2*1-2-8-15(7-1)21(12-6-13-21)19-17-10-4-3-9-16(17)18-11-5-14-22-20(18)19;2*1-2-5-10-9(4-1)8-12-11(10)6-3-7-13-12;10-9-5-7-3-1-2-4-8(7)6-9;1-2-5-8(4-1)9-6-3-7-9;1-2-3-4;2*1-3-2;;;;/h3-5,9-11,14-15,22H,1-2,6-8,12-13H2;1-5,7-11,14-15,19H,6,12-13H2;1-7H,8H2;1-8,13H;1-4H,5-6H2;1-2,4-5H,3,6-7H2;1H,3-4H2;2*1-2H3;2*1H3;;/q;;;;;;;4*-1;+1;+4/p+1. The number of hydrogen-bond donors (Lipinski definition) is 3. The van der Waals surface area contributed by atoms with Crippen LogP contribution >= 0.6 is 0 Å². The van der Waals surface area contributed by atoms with Gasteiger partial charge in [0.15, 0.2) is 0 Å². The average Bonchev–Trinajstić information content (AvgIpc) is 1.59. The summed E-state index contributed by atoms with van der Waals surface area (Å²) >= 11 is 0. The Bertz CT molecular complexity index is 4510. The first-order valence-corrected chi connectivity index (χ1v) is 35.9. The minimum Gasteiger partial charge on any atom is -0.668 e. The van der Waals surface area contributed by atoms with E-state index in [0.29, 0.717) is 35.0 Å². The van der Waals surface area contributed by atoms with E-state index in [0.717, 1.165) is 25.2 Å². The van der Waals surface area contributed by atoms with Gasteiger partial charge in [-0.05, 0) is 166 Å². The van der Waals surface area contributed by atoms with E-state index in [9.17, 15) is 0 Å². The van der Waals surface area contributed by atoms with E-state index in [-0.39, 0.29) is 59.9 Å². The molecule has 4 fully saturated rings. The van der Waals surface area contributed by atoms with Gasteiger partial charge in [-0.1, -0.05) is 231 Å². The Labute approximate surface area is 646 Å². The molecule has 1 unspecified atom stereocenters. The summed E-state index contributed by atoms with van der Waals surface area (Å²) in [5, 5.41) is 12.6. The molecule has 7 aromatic rings. The summed E-state index contributed by atoms with van der Waals surface area (Å²) in [5.41, 5.74) is 29.1. The molecule has 5 N–H and O–H groups in total. The summed E-state index contributed by atoms with van der Waals surface area (Å²) < 4.78 is 0. The number of allylic oxidation sites excluding steroid dienone is 10. The number of terminal acetylenes is 1. The van der Waals surface area contributed by atoms with Gasteiger partial charge in [-0.25, -0.2) is 0 Å². The number of rotatable bonds is 4. The Hall–Kier alpha value is -8.27. The summed E-state index contributed by atoms with van der Waals surface area (Å²) in [7, 11) is 7.00. The molecule has 8 nitrogen and oxygen atoms in total. The van der Waals surface area contributed by atoms with Crippen molar-refractivity contribution in [3.05, 3.63) is 325 Å². The molecule has 5 aromatic carbocycles. The maximum atomic E-state index is 9.17. The van der Waals surface area contributed by atoms with Crippen molar-refractivity contribution in [1.29, 1.82) is 0 Å². The molecule has 0 saturated heterocycles. The predicted molar refractivity (Wildman–Crippen MR) is 430 cm³/mol. The van der Waals surface area contributed by atoms with Gasteiger partial charge in [0.1, 0.15) is 0 Å². The van der Waals surface area contributed by atoms with Gasteiger partial charge in [-0.3, -0.25) is 14.8 Å². The zero-order valence-corrected chi connectivity index (χ0v) is 64.3. The molecule has 11 aliphatic carbocycles. The number of nitrogens with two attached hydrogens (primary N) is 1. The van der Waals surface area contributed by atoms with Crippen molar-refractivity contribution < 1.29 is 49.9 Å². The Balaban J connectivity index is 0.000000155. The molecule has 0 amide bonds. The number of fused-ring (bicyclic) bond motifs is 13. The van der Waals surface area contributed by atoms with Crippen LogP contribution in [0.2, 0.25) is 0 Å². The molecule has 4 heterocycles. The zero-order valence-electron chi connectivity index (χ0n) is 61.8. The maximum absolute atomic E-state index is 9.17. The quantitative estimate of drug-likeness (QED) is 0.0701. The fourth-order valence-corrected chi connectivity index (χ4v) is 16.6. The van der Waals surface area contributed by atoms with Crippen LogP contribution in [0.1, 0.15) is 129 Å². The van der Waals surface area contributed by atoms with Crippen molar-refractivity contribution in [2.45, 2.75) is 114 Å². The SMILES string of the molecule is C#CCN.C1=CC(=C2CCC2)C=C1.C1=CC(C2(C3c4ccccc4-c4cccnc43)CCC2)C=C1.C[N-]C.C[N-]C.[CH3-].[CH3-].[Li+].[OH+]=C1Cc2ccccc2C1.[Zr+4].c1c[nH]c2c(C3(C4CCCC4)CCC3)c3ccccc3c-2c1.c1c[nH]c2cc3ccccc3c-2c1.c1ccc2c(c1)Cc1ncccc1-2. The zero-order chi connectivity index (χ0) is 68.4. The van der Waals surface area contributed by atoms with Gasteiger partial charge in [-0.2, -0.15) is 28.2 Å². The Morgan fingerprint density at radius 2 is 1.09 bits per heavy atom. The fourth-order valence-electron chi connectivity index (χ4n) is 16.6. The fraction of sp³-hybridized carbons (Fsp3) is 0.280. The van der Waals surface area contributed by atoms with Crippen molar-refractivity contribution in [3.8, 4) is 57.1 Å². The first kappa shape index (κ1) is 80.4. The molecule has 518 valence electrons. The van der Waals surface area contributed by atoms with Crippen LogP contribution in [0.25, 0.3) is 76.9 Å². The second-order valence-corrected chi connectivity index (χ2v) is 27.4. The predicted octanol–water partition coefficient (Wildman–Crippen LogP) is 19.6. The van der Waals surface area contributed by atoms with Gasteiger partial charge in [-0.15, -0.1) is 6.42 Å². The van der Waals surface area contributed by atoms with E-state index in [1.807, 2.05) is 42.9 Å². The van der Waals surface area contributed by atoms with E-state index in [2.05, 4.69) is 244 Å². The third-order valence-electron chi connectivity index (χ3n) is 21.5. The van der Waals surface area contributed by atoms with Crippen LogP contribution in [-0.4, -0.2) is 65.2 Å². The number of nitrogens with zero attached hydrogens (tertiary/aromatic N) is 4. The van der Waals surface area contributed by atoms with Crippen LogP contribution in [0.15, 0.2) is 260 Å². The van der Waals surface area contributed by atoms with Gasteiger partial charge in [0, 0.05) is 76.4 Å². The van der Waals surface area contributed by atoms with E-state index < -0.39 is 0 Å². The van der Waals surface area contributed by atoms with Crippen LogP contribution in [0.3, 0.4) is 0 Å². The van der Waals surface area contributed by atoms with E-state index >= 15 is 0 Å². The minimum absolute atomic E-state index is 0. The summed E-state index contributed by atoms with van der Waals surface area (Å²) in [6, 6.07) is 62.4. The van der Waals surface area contributed by atoms with Crippen LogP contribution < -0.4 is 24.6 Å². The Kier molecular flexibility index (Phi) is 30.5. The van der Waals surface area contributed by atoms with Crippen molar-refractivity contribution in [3.63, 3.8) is 0 Å². The monoisotopic (exact) mass is 1430 g/mol. The van der Waals surface area contributed by atoms with Crippen molar-refractivity contribution in [2.75, 3.05) is 34.7 Å². The summed E-state index contributed by atoms with van der Waals surface area (Å²) in [5.74, 6) is 4.73. The molecular weight excluding hydrogens is 1330 g/mol. The smallest absolute Gasteiger partial charge is 0.668 e. The topological polar surface area (TPSA) is 133 Å². The molecule has 2 aromatic heterocycles. The summed E-state index contributed by atoms with van der Waals surface area (Å²) in [6.07, 6.45) is 50.9. The molecular formula is C93H102LiN7OZr+2. The van der Waals surface area contributed by atoms with Crippen LogP contribution in [-0.2, 0) is 50.9 Å². The summed E-state index contributed by atoms with van der Waals surface area (Å²) in [6.45, 7) is 0.347. The molecule has 4 saturated carbocycles. The molecule has 1 atom stereocenters.